The number of hydrogen-bond acceptors (Lipinski definition) is 5. The summed E-state index contributed by atoms with van der Waals surface area (Å²) in [7, 11) is 0. The number of rotatable bonds is 3. The van der Waals surface area contributed by atoms with Crippen molar-refractivity contribution in [3.8, 4) is 11.1 Å². The Balaban J connectivity index is 1.10. The van der Waals surface area contributed by atoms with Crippen LogP contribution in [-0.4, -0.2) is 58.7 Å². The smallest absolute Gasteiger partial charge is 0.409 e. The molecule has 32 heavy (non-hydrogen) atoms. The van der Waals surface area contributed by atoms with E-state index < -0.39 is 0 Å². The zero-order chi connectivity index (χ0) is 21.5. The molecule has 1 fully saturated rings. The minimum absolute atomic E-state index is 0.0832. The van der Waals surface area contributed by atoms with Gasteiger partial charge in [0.25, 0.3) is 0 Å². The lowest BCUT2D eigenvalue weighted by atomic mass is 9.98. The van der Waals surface area contributed by atoms with E-state index in [1.807, 2.05) is 18.3 Å². The minimum atomic E-state index is -0.242. The van der Waals surface area contributed by atoms with E-state index in [0.717, 1.165) is 24.3 Å². The Kier molecular flexibility index (Phi) is 4.52. The monoisotopic (exact) mass is 425 g/mol. The molecule has 1 saturated heterocycles. The van der Waals surface area contributed by atoms with Gasteiger partial charge in [0.05, 0.1) is 23.7 Å². The third-order valence-electron chi connectivity index (χ3n) is 6.50. The standard InChI is InChI=1S/C25H23N5O2/c31-25(30-11-9-29(10-12-30)17-13-23-24(26-14-17)28-16-27-23)32-15-22-20-7-3-1-5-18(20)19-6-2-4-8-21(19)22/h1-8,13-14,16,22H,9-12,15H2,(H,26,27,28). The molecule has 2 aromatic carbocycles. The van der Waals surface area contributed by atoms with Crippen LogP contribution < -0.4 is 4.90 Å². The van der Waals surface area contributed by atoms with Gasteiger partial charge in [-0.25, -0.2) is 14.8 Å². The number of fused-ring (bicyclic) bond motifs is 4. The first kappa shape index (κ1) is 18.9. The molecule has 0 bridgehead atoms. The van der Waals surface area contributed by atoms with Crippen molar-refractivity contribution in [2.75, 3.05) is 37.7 Å². The van der Waals surface area contributed by atoms with Gasteiger partial charge in [-0.3, -0.25) is 0 Å². The van der Waals surface area contributed by atoms with E-state index in [9.17, 15) is 4.79 Å². The third-order valence-corrected chi connectivity index (χ3v) is 6.50. The maximum atomic E-state index is 12.8. The van der Waals surface area contributed by atoms with Crippen LogP contribution in [0, 0.1) is 0 Å². The highest BCUT2D eigenvalue weighted by Crippen LogP contribution is 2.44. The molecule has 7 heteroatoms. The number of aromatic nitrogens is 3. The Hall–Kier alpha value is -3.87. The number of piperazine rings is 1. The fourth-order valence-corrected chi connectivity index (χ4v) is 4.82. The van der Waals surface area contributed by atoms with Crippen molar-refractivity contribution in [2.24, 2.45) is 0 Å². The number of carbonyl (C=O) groups excluding carboxylic acids is 1. The molecule has 0 radical (unpaired) electrons. The van der Waals surface area contributed by atoms with Crippen molar-refractivity contribution in [1.82, 2.24) is 19.9 Å². The molecule has 3 heterocycles. The molecule has 2 aliphatic rings. The van der Waals surface area contributed by atoms with Crippen LogP contribution in [0.2, 0.25) is 0 Å². The molecule has 1 N–H and O–H groups in total. The fraction of sp³-hybridized carbons (Fsp3) is 0.240. The molecule has 0 saturated carbocycles. The highest BCUT2D eigenvalue weighted by atomic mass is 16.6. The molecule has 7 nitrogen and oxygen atoms in total. The summed E-state index contributed by atoms with van der Waals surface area (Å²) in [5.41, 5.74) is 7.60. The number of pyridine rings is 1. The molecule has 6 rings (SSSR count). The number of anilines is 1. The summed E-state index contributed by atoms with van der Waals surface area (Å²) in [5, 5.41) is 0. The predicted molar refractivity (Wildman–Crippen MR) is 123 cm³/mol. The van der Waals surface area contributed by atoms with Gasteiger partial charge in [-0.2, -0.15) is 0 Å². The van der Waals surface area contributed by atoms with E-state index >= 15 is 0 Å². The molecule has 160 valence electrons. The quantitative estimate of drug-likeness (QED) is 0.537. The molecule has 2 aromatic heterocycles. The average molecular weight is 425 g/mol. The number of H-pyrrole nitrogens is 1. The Labute approximate surface area is 185 Å². The topological polar surface area (TPSA) is 74.3 Å². The van der Waals surface area contributed by atoms with Gasteiger partial charge >= 0.3 is 6.09 Å². The molecule has 0 unspecified atom stereocenters. The van der Waals surface area contributed by atoms with E-state index in [0.29, 0.717) is 25.3 Å². The lowest BCUT2D eigenvalue weighted by Gasteiger charge is -2.35. The molecule has 0 spiro atoms. The summed E-state index contributed by atoms with van der Waals surface area (Å²) < 4.78 is 5.81. The highest BCUT2D eigenvalue weighted by molar-refractivity contribution is 5.79. The van der Waals surface area contributed by atoms with Gasteiger partial charge in [0.15, 0.2) is 5.65 Å². The minimum Gasteiger partial charge on any atom is -0.448 e. The summed E-state index contributed by atoms with van der Waals surface area (Å²) in [4.78, 5) is 28.5. The maximum Gasteiger partial charge on any atom is 0.409 e. The SMILES string of the molecule is O=C(OCC1c2ccccc2-c2ccccc21)N1CCN(c2cnc3nc[nH]c3c2)CC1. The van der Waals surface area contributed by atoms with Crippen LogP contribution in [0.25, 0.3) is 22.3 Å². The number of aromatic amines is 1. The molecule has 1 aliphatic heterocycles. The van der Waals surface area contributed by atoms with Crippen molar-refractivity contribution < 1.29 is 9.53 Å². The van der Waals surface area contributed by atoms with Crippen LogP contribution in [0.1, 0.15) is 17.0 Å². The molecular weight excluding hydrogens is 402 g/mol. The van der Waals surface area contributed by atoms with Gasteiger partial charge in [0, 0.05) is 32.1 Å². The molecule has 1 aliphatic carbocycles. The summed E-state index contributed by atoms with van der Waals surface area (Å²) >= 11 is 0. The lowest BCUT2D eigenvalue weighted by molar-refractivity contribution is 0.0977. The number of nitrogens with one attached hydrogen (secondary N) is 1. The molecule has 0 atom stereocenters. The third kappa shape index (κ3) is 3.17. The van der Waals surface area contributed by atoms with Gasteiger partial charge in [-0.1, -0.05) is 48.5 Å². The van der Waals surface area contributed by atoms with Crippen LogP contribution in [0.15, 0.2) is 67.1 Å². The summed E-state index contributed by atoms with van der Waals surface area (Å²) in [6, 6.07) is 18.8. The van der Waals surface area contributed by atoms with E-state index in [1.54, 1.807) is 11.2 Å². The summed E-state index contributed by atoms with van der Waals surface area (Å²) in [5.74, 6) is 0.0832. The van der Waals surface area contributed by atoms with Crippen molar-refractivity contribution >= 4 is 22.9 Å². The van der Waals surface area contributed by atoms with Gasteiger partial charge < -0.3 is 19.5 Å². The summed E-state index contributed by atoms with van der Waals surface area (Å²) in [6.07, 6.45) is 3.25. The molecule has 4 aromatic rings. The van der Waals surface area contributed by atoms with E-state index in [4.69, 9.17) is 4.74 Å². The van der Waals surface area contributed by atoms with Gasteiger partial charge in [-0.15, -0.1) is 0 Å². The second kappa shape index (κ2) is 7.67. The largest absolute Gasteiger partial charge is 0.448 e. The average Bonchev–Trinajstić information content (AvgIpc) is 3.45. The van der Waals surface area contributed by atoms with Crippen molar-refractivity contribution in [2.45, 2.75) is 5.92 Å². The van der Waals surface area contributed by atoms with Crippen LogP contribution in [0.3, 0.4) is 0 Å². The van der Waals surface area contributed by atoms with Crippen LogP contribution in [-0.2, 0) is 4.74 Å². The second-order valence-electron chi connectivity index (χ2n) is 8.25. The Bertz CT molecular complexity index is 1250. The number of benzene rings is 2. The Morgan fingerprint density at radius 2 is 1.66 bits per heavy atom. The normalized spacial score (nSPS) is 15.6. The first-order valence-corrected chi connectivity index (χ1v) is 10.9. The summed E-state index contributed by atoms with van der Waals surface area (Å²) in [6.45, 7) is 3.08. The lowest BCUT2D eigenvalue weighted by Crippen LogP contribution is -2.49. The van der Waals surface area contributed by atoms with Crippen LogP contribution in [0.5, 0.6) is 0 Å². The predicted octanol–water partition coefficient (Wildman–Crippen LogP) is 4.03. The molecule has 1 amide bonds. The van der Waals surface area contributed by atoms with E-state index in [1.165, 1.54) is 22.3 Å². The van der Waals surface area contributed by atoms with Crippen molar-refractivity contribution in [1.29, 1.82) is 0 Å². The van der Waals surface area contributed by atoms with Crippen LogP contribution in [0.4, 0.5) is 10.5 Å². The number of hydrogen-bond donors (Lipinski definition) is 1. The fourth-order valence-electron chi connectivity index (χ4n) is 4.82. The zero-order valence-electron chi connectivity index (χ0n) is 17.6. The van der Waals surface area contributed by atoms with E-state index in [-0.39, 0.29) is 12.0 Å². The number of nitrogens with zero attached hydrogens (tertiary/aromatic N) is 4. The zero-order valence-corrected chi connectivity index (χ0v) is 17.6. The Morgan fingerprint density at radius 3 is 2.38 bits per heavy atom. The number of carbonyl (C=O) groups is 1. The number of imidazole rings is 1. The van der Waals surface area contributed by atoms with Gasteiger partial charge in [0.1, 0.15) is 6.61 Å². The molecular formula is C25H23N5O2. The van der Waals surface area contributed by atoms with Crippen molar-refractivity contribution in [3.05, 3.63) is 78.2 Å². The van der Waals surface area contributed by atoms with Crippen molar-refractivity contribution in [3.63, 3.8) is 0 Å². The van der Waals surface area contributed by atoms with Crippen LogP contribution >= 0.6 is 0 Å². The van der Waals surface area contributed by atoms with Gasteiger partial charge in [0.2, 0.25) is 0 Å². The number of ether oxygens (including phenoxy) is 1. The highest BCUT2D eigenvalue weighted by Gasteiger charge is 2.30. The second-order valence-corrected chi connectivity index (χ2v) is 8.25. The maximum absolute atomic E-state index is 12.8. The first-order chi connectivity index (χ1) is 15.8. The number of amides is 1. The van der Waals surface area contributed by atoms with Gasteiger partial charge in [-0.05, 0) is 28.3 Å². The first-order valence-electron chi connectivity index (χ1n) is 10.9. The van der Waals surface area contributed by atoms with E-state index in [2.05, 4.69) is 62.3 Å². The Morgan fingerprint density at radius 1 is 0.969 bits per heavy atom.